The molecule has 62 heavy (non-hydrogen) atoms. The van der Waals surface area contributed by atoms with E-state index in [1.165, 1.54) is 61.0 Å². The van der Waals surface area contributed by atoms with Crippen LogP contribution in [0.3, 0.4) is 0 Å². The molecule has 1 N–H and O–H groups in total. The molecule has 6 aromatic carbocycles. The fourth-order valence-electron chi connectivity index (χ4n) is 10.0. The van der Waals surface area contributed by atoms with E-state index in [0.29, 0.717) is 35.2 Å². The molecule has 9 rings (SSSR count). The zero-order valence-electron chi connectivity index (χ0n) is 38.3. The van der Waals surface area contributed by atoms with Gasteiger partial charge in [0.2, 0.25) is 0 Å². The van der Waals surface area contributed by atoms with E-state index >= 15 is 0 Å². The minimum absolute atomic E-state index is 0. The Balaban J connectivity index is 0.00000529. The van der Waals surface area contributed by atoms with Crippen LogP contribution in [0.25, 0.3) is 44.3 Å². The topological polar surface area (TPSA) is 29.4 Å². The smallest absolute Gasteiger partial charge is 0.514 e. The van der Waals surface area contributed by atoms with Crippen LogP contribution in [0, 0.1) is 24.9 Å². The molecular formula is C57H59N3OPt. The maximum Gasteiger partial charge on any atom is 4.00 e. The van der Waals surface area contributed by atoms with Crippen LogP contribution in [0.4, 0.5) is 5.69 Å². The van der Waals surface area contributed by atoms with Crippen molar-refractivity contribution in [1.29, 1.82) is 0 Å². The number of rotatable bonds is 9. The maximum atomic E-state index is 6.71. The van der Waals surface area contributed by atoms with Crippen molar-refractivity contribution in [3.05, 3.63) is 167 Å². The van der Waals surface area contributed by atoms with Crippen LogP contribution in [0.15, 0.2) is 103 Å². The molecule has 0 radical (unpaired) electrons. The van der Waals surface area contributed by atoms with E-state index in [1.807, 2.05) is 24.9 Å². The summed E-state index contributed by atoms with van der Waals surface area (Å²) in [6.07, 6.45) is 2.17. The van der Waals surface area contributed by atoms with Crippen molar-refractivity contribution in [1.82, 2.24) is 9.88 Å². The van der Waals surface area contributed by atoms with Crippen molar-refractivity contribution >= 4 is 33.2 Å². The van der Waals surface area contributed by atoms with E-state index in [-0.39, 0.29) is 31.9 Å². The number of fused-ring (bicyclic) bond motifs is 5. The zero-order valence-corrected chi connectivity index (χ0v) is 40.6. The van der Waals surface area contributed by atoms with E-state index in [2.05, 4.69) is 201 Å². The summed E-state index contributed by atoms with van der Waals surface area (Å²) < 4.78 is 9.14. The van der Waals surface area contributed by atoms with E-state index in [1.54, 1.807) is 0 Å². The number of ether oxygens (including phenoxy) is 1. The van der Waals surface area contributed by atoms with Gasteiger partial charge in [-0.15, -0.1) is 52.5 Å². The average Bonchev–Trinajstić information content (AvgIpc) is 3.84. The molecule has 0 fully saturated rings. The molecule has 0 unspecified atom stereocenters. The molecule has 0 saturated carbocycles. The number of benzene rings is 6. The Labute approximate surface area is 384 Å². The maximum absolute atomic E-state index is 6.71. The Morgan fingerprint density at radius 1 is 0.613 bits per heavy atom. The van der Waals surface area contributed by atoms with Crippen LogP contribution in [0.2, 0.25) is 0 Å². The third kappa shape index (κ3) is 6.93. The van der Waals surface area contributed by atoms with Crippen LogP contribution in [-0.2, 0) is 31.9 Å². The van der Waals surface area contributed by atoms with Crippen LogP contribution >= 0.6 is 0 Å². The van der Waals surface area contributed by atoms with Gasteiger partial charge in [0, 0.05) is 28.3 Å². The van der Waals surface area contributed by atoms with Gasteiger partial charge in [0.25, 0.3) is 0 Å². The molecular weight excluding hydrogens is 938 g/mol. The standard InChI is InChI=1S/C57H59N3O.Pt/c1-34(2)41-20-14-21-42(35(3)4)52(41)47-25-17-27-50-54(47)57(11,12)56(9,10)48-26-16-24-46-45-29-28-40(31-51(45)60(50)55(46)48)61-39-19-13-18-38(30-39)59-32-49(58-33-59)53-43(36(5)6)22-15-23-44(53)37(7)8;/h13-26,28-29,32-37,58H,1-12H3;/q-4;+4. The Bertz CT molecular complexity index is 2820. The minimum Gasteiger partial charge on any atom is -0.514 e. The molecule has 0 saturated heterocycles. The van der Waals surface area contributed by atoms with E-state index in [0.717, 1.165) is 28.0 Å². The number of anilines is 1. The van der Waals surface area contributed by atoms with Crippen molar-refractivity contribution in [2.24, 2.45) is 0 Å². The third-order valence-corrected chi connectivity index (χ3v) is 13.9. The second-order valence-electron chi connectivity index (χ2n) is 19.5. The second kappa shape index (κ2) is 16.3. The average molecular weight is 997 g/mol. The number of hydrogen-bond acceptors (Lipinski definition) is 3. The van der Waals surface area contributed by atoms with Gasteiger partial charge < -0.3 is 19.5 Å². The molecule has 0 bridgehead atoms. The first-order valence-corrected chi connectivity index (χ1v) is 22.2. The summed E-state index contributed by atoms with van der Waals surface area (Å²) in [5.74, 6) is 2.80. The fourth-order valence-corrected chi connectivity index (χ4v) is 10.0. The first kappa shape index (κ1) is 43.6. The van der Waals surface area contributed by atoms with Gasteiger partial charge in [-0.1, -0.05) is 149 Å². The normalized spacial score (nSPS) is 15.3. The van der Waals surface area contributed by atoms with Gasteiger partial charge in [-0.2, -0.15) is 37.0 Å². The Morgan fingerprint density at radius 2 is 1.19 bits per heavy atom. The number of hydrogen-bond donors (Lipinski definition) is 1. The fraction of sp³-hybridized carbons (Fsp3) is 0.316. The molecule has 7 aromatic rings. The minimum atomic E-state index is -0.278. The number of aromatic nitrogens is 1. The molecule has 4 nitrogen and oxygen atoms in total. The molecule has 3 heterocycles. The molecule has 0 atom stereocenters. The van der Waals surface area contributed by atoms with Crippen LogP contribution < -0.4 is 15.0 Å². The predicted molar refractivity (Wildman–Crippen MR) is 256 cm³/mol. The zero-order chi connectivity index (χ0) is 43.1. The van der Waals surface area contributed by atoms with Crippen molar-refractivity contribution < 1.29 is 25.8 Å². The summed E-state index contributed by atoms with van der Waals surface area (Å²) in [5.41, 5.74) is 16.8. The third-order valence-electron chi connectivity index (χ3n) is 13.9. The van der Waals surface area contributed by atoms with Gasteiger partial charge in [-0.05, 0) is 79.5 Å². The van der Waals surface area contributed by atoms with Gasteiger partial charge in [0.05, 0.1) is 0 Å². The molecule has 2 aliphatic rings. The first-order chi connectivity index (χ1) is 29.1. The number of nitrogens with one attached hydrogen (secondary N) is 1. The summed E-state index contributed by atoms with van der Waals surface area (Å²) >= 11 is 0. The Hall–Kier alpha value is -5.05. The quantitative estimate of drug-likeness (QED) is 0.146. The van der Waals surface area contributed by atoms with E-state index in [9.17, 15) is 0 Å². The molecule has 5 heteroatoms. The number of nitrogens with zero attached hydrogens (tertiary/aromatic N) is 2. The van der Waals surface area contributed by atoms with Gasteiger partial charge in [0.1, 0.15) is 0 Å². The van der Waals surface area contributed by atoms with Gasteiger partial charge in [-0.25, -0.2) is 0 Å². The number of para-hydroxylation sites is 1. The van der Waals surface area contributed by atoms with Crippen molar-refractivity contribution in [2.75, 3.05) is 4.90 Å². The monoisotopic (exact) mass is 996 g/mol. The van der Waals surface area contributed by atoms with Crippen LogP contribution in [-0.4, -0.2) is 4.57 Å². The summed E-state index contributed by atoms with van der Waals surface area (Å²) in [6, 6.07) is 46.4. The molecule has 1 aromatic heterocycles. The van der Waals surface area contributed by atoms with Gasteiger partial charge in [0.15, 0.2) is 0 Å². The van der Waals surface area contributed by atoms with Gasteiger partial charge in [-0.3, -0.25) is 0 Å². The SMILES string of the molecule is CC(C)c1cccc(C(C)C)c1C1=CN(c2[c-]c(Oc3[c-]c4c(cc3)c3cccc5c3n4-c3[c-]ccc(-c4c(C(C)C)cccc4C(C)C)c3C(C)(C)C5(C)C)ccc2)[CH-]N1.[Pt+4]. The second-order valence-corrected chi connectivity index (χ2v) is 19.5. The molecule has 2 aliphatic heterocycles. The molecule has 0 spiro atoms. The summed E-state index contributed by atoms with van der Waals surface area (Å²) in [7, 11) is 0. The Kier molecular flexibility index (Phi) is 11.4. The molecule has 0 aliphatic carbocycles. The van der Waals surface area contributed by atoms with Crippen LogP contribution in [0.5, 0.6) is 11.5 Å². The van der Waals surface area contributed by atoms with E-state index in [4.69, 9.17) is 4.74 Å². The summed E-state index contributed by atoms with van der Waals surface area (Å²) in [5, 5.41) is 5.94. The molecule has 0 amide bonds. The summed E-state index contributed by atoms with van der Waals surface area (Å²) in [6.45, 7) is 30.0. The predicted octanol–water partition coefficient (Wildman–Crippen LogP) is 15.2. The first-order valence-electron chi connectivity index (χ1n) is 22.2. The molecule has 318 valence electrons. The van der Waals surface area contributed by atoms with Crippen molar-refractivity contribution in [3.63, 3.8) is 0 Å². The van der Waals surface area contributed by atoms with Crippen LogP contribution in [0.1, 0.15) is 146 Å². The largest absolute Gasteiger partial charge is 4.00 e. The van der Waals surface area contributed by atoms with E-state index < -0.39 is 0 Å². The Morgan fingerprint density at radius 3 is 1.82 bits per heavy atom. The van der Waals surface area contributed by atoms with Crippen molar-refractivity contribution in [3.8, 4) is 28.3 Å². The van der Waals surface area contributed by atoms with Crippen molar-refractivity contribution in [2.45, 2.75) is 118 Å². The summed E-state index contributed by atoms with van der Waals surface area (Å²) in [4.78, 5) is 2.10. The van der Waals surface area contributed by atoms with Gasteiger partial charge >= 0.3 is 21.1 Å².